The molecule has 24 heavy (non-hydrogen) atoms. The highest BCUT2D eigenvalue weighted by Gasteiger charge is 1.98. The summed E-state index contributed by atoms with van der Waals surface area (Å²) in [5, 5.41) is 19.0. The highest BCUT2D eigenvalue weighted by molar-refractivity contribution is 5.51. The predicted octanol–water partition coefficient (Wildman–Crippen LogP) is 0.132. The number of aromatic amines is 2. The molecule has 3 aromatic rings. The van der Waals surface area contributed by atoms with E-state index in [1.165, 1.54) is 36.4 Å². The molecule has 2 aromatic carbocycles. The Labute approximate surface area is 135 Å². The predicted molar refractivity (Wildman–Crippen MR) is 90.3 cm³/mol. The number of phenols is 2. The normalized spacial score (nSPS) is 12.5. The van der Waals surface area contributed by atoms with E-state index in [0.717, 1.165) is 0 Å². The van der Waals surface area contributed by atoms with E-state index in [4.69, 9.17) is 0 Å². The van der Waals surface area contributed by atoms with Crippen molar-refractivity contribution in [2.24, 2.45) is 0 Å². The Morgan fingerprint density at radius 1 is 0.708 bits per heavy atom. The lowest BCUT2D eigenvalue weighted by Gasteiger charge is -1.96. The second kappa shape index (κ2) is 6.29. The van der Waals surface area contributed by atoms with E-state index < -0.39 is 11.1 Å². The van der Waals surface area contributed by atoms with Crippen LogP contribution in [0.2, 0.25) is 0 Å². The second-order valence-electron chi connectivity index (χ2n) is 5.21. The highest BCUT2D eigenvalue weighted by Crippen LogP contribution is 2.11. The molecule has 0 amide bonds. The molecule has 0 atom stereocenters. The van der Waals surface area contributed by atoms with Crippen molar-refractivity contribution >= 4 is 12.2 Å². The first-order valence-corrected chi connectivity index (χ1v) is 7.15. The summed E-state index contributed by atoms with van der Waals surface area (Å²) in [6.07, 6.45) is 2.94. The molecule has 0 aliphatic heterocycles. The van der Waals surface area contributed by atoms with Gasteiger partial charge in [0.1, 0.15) is 22.2 Å². The molecule has 6 heteroatoms. The van der Waals surface area contributed by atoms with Crippen LogP contribution < -0.4 is 21.8 Å². The molecule has 0 aliphatic rings. The molecule has 1 heterocycles. The van der Waals surface area contributed by atoms with Crippen LogP contribution >= 0.6 is 0 Å². The van der Waals surface area contributed by atoms with Gasteiger partial charge in [-0.05, 0) is 47.5 Å². The molecule has 0 aliphatic carbocycles. The summed E-state index contributed by atoms with van der Waals surface area (Å²) in [5.74, 6) is 0.132. The van der Waals surface area contributed by atoms with Crippen molar-refractivity contribution in [3.8, 4) is 11.5 Å². The molecule has 3 rings (SSSR count). The Bertz CT molecular complexity index is 1040. The number of aromatic hydroxyl groups is 2. The highest BCUT2D eigenvalue weighted by atomic mass is 16.3. The number of hydrogen-bond acceptors (Lipinski definition) is 4. The van der Waals surface area contributed by atoms with Crippen LogP contribution in [0.5, 0.6) is 11.5 Å². The molecule has 0 radical (unpaired) electrons. The molecule has 0 spiro atoms. The zero-order valence-electron chi connectivity index (χ0n) is 12.5. The van der Waals surface area contributed by atoms with Gasteiger partial charge in [-0.3, -0.25) is 9.59 Å². The largest absolute Gasteiger partial charge is 0.508 e. The first-order chi connectivity index (χ1) is 11.5. The number of aromatic nitrogens is 2. The van der Waals surface area contributed by atoms with E-state index in [1.54, 1.807) is 24.3 Å². The molecular weight excluding hydrogens is 308 g/mol. The van der Waals surface area contributed by atoms with E-state index in [0.29, 0.717) is 11.1 Å². The molecular formula is C18H14N2O4. The summed E-state index contributed by atoms with van der Waals surface area (Å²) in [6.45, 7) is 0. The fourth-order valence-corrected chi connectivity index (χ4v) is 2.26. The number of rotatable bonds is 2. The summed E-state index contributed by atoms with van der Waals surface area (Å²) in [7, 11) is 0. The zero-order valence-corrected chi connectivity index (χ0v) is 12.5. The van der Waals surface area contributed by atoms with Gasteiger partial charge in [0.05, 0.1) is 0 Å². The smallest absolute Gasteiger partial charge is 0.272 e. The van der Waals surface area contributed by atoms with Crippen LogP contribution in [-0.4, -0.2) is 20.2 Å². The number of benzene rings is 2. The average molecular weight is 322 g/mol. The standard InChI is InChI=1S/C18H14N2O4/c21-13-5-1-3-11(7-13)9-15-17(23)20-16(18(24)19-15)10-12-4-2-6-14(22)8-12/h1-10,21-22H,(H,19,24)(H,20,23)/b15-9+,16-10+. The van der Waals surface area contributed by atoms with Gasteiger partial charge in [-0.2, -0.15) is 0 Å². The van der Waals surface area contributed by atoms with Crippen molar-refractivity contribution in [3.63, 3.8) is 0 Å². The molecule has 0 bridgehead atoms. The molecule has 6 nitrogen and oxygen atoms in total. The summed E-state index contributed by atoms with van der Waals surface area (Å²) in [6, 6.07) is 12.6. The Morgan fingerprint density at radius 2 is 1.12 bits per heavy atom. The van der Waals surface area contributed by atoms with Gasteiger partial charge in [-0.25, -0.2) is 0 Å². The minimum Gasteiger partial charge on any atom is -0.508 e. The van der Waals surface area contributed by atoms with Gasteiger partial charge in [0.15, 0.2) is 0 Å². The van der Waals surface area contributed by atoms with Crippen LogP contribution in [0.1, 0.15) is 11.1 Å². The Balaban J connectivity index is 2.13. The van der Waals surface area contributed by atoms with Crippen molar-refractivity contribution in [1.82, 2.24) is 9.97 Å². The topological polar surface area (TPSA) is 106 Å². The lowest BCUT2D eigenvalue weighted by atomic mass is 10.2. The fourth-order valence-electron chi connectivity index (χ4n) is 2.26. The first kappa shape index (κ1) is 15.4. The maximum absolute atomic E-state index is 12.1. The molecule has 1 aromatic heterocycles. The molecule has 0 saturated heterocycles. The number of nitrogens with one attached hydrogen (secondary N) is 2. The van der Waals surface area contributed by atoms with E-state index >= 15 is 0 Å². The minimum absolute atomic E-state index is 0.0661. The third kappa shape index (κ3) is 3.44. The maximum atomic E-state index is 12.1. The number of H-pyrrole nitrogens is 2. The SMILES string of the molecule is O=c1[nH]/c(=C/c2cccc(O)c2)c(=O)[nH]/c1=C/c1cccc(O)c1. The van der Waals surface area contributed by atoms with Crippen LogP contribution in [0.15, 0.2) is 58.1 Å². The zero-order chi connectivity index (χ0) is 17.1. The maximum Gasteiger partial charge on any atom is 0.272 e. The molecule has 4 N–H and O–H groups in total. The Morgan fingerprint density at radius 3 is 1.50 bits per heavy atom. The van der Waals surface area contributed by atoms with Crippen LogP contribution in [0.25, 0.3) is 12.2 Å². The third-order valence-electron chi connectivity index (χ3n) is 3.35. The monoisotopic (exact) mass is 322 g/mol. The van der Waals surface area contributed by atoms with Crippen LogP contribution in [-0.2, 0) is 0 Å². The van der Waals surface area contributed by atoms with Gasteiger partial charge in [0, 0.05) is 0 Å². The van der Waals surface area contributed by atoms with Crippen molar-refractivity contribution in [2.75, 3.05) is 0 Å². The van der Waals surface area contributed by atoms with Crippen molar-refractivity contribution in [3.05, 3.63) is 91.1 Å². The molecule has 0 saturated carbocycles. The lowest BCUT2D eigenvalue weighted by molar-refractivity contribution is 0.474. The van der Waals surface area contributed by atoms with Gasteiger partial charge >= 0.3 is 0 Å². The summed E-state index contributed by atoms with van der Waals surface area (Å²) in [4.78, 5) is 29.3. The van der Waals surface area contributed by atoms with E-state index in [-0.39, 0.29) is 22.2 Å². The number of phenolic OH excluding ortho intramolecular Hbond substituents is 2. The third-order valence-corrected chi connectivity index (χ3v) is 3.35. The second-order valence-corrected chi connectivity index (χ2v) is 5.21. The van der Waals surface area contributed by atoms with E-state index in [1.807, 2.05) is 0 Å². The van der Waals surface area contributed by atoms with E-state index in [9.17, 15) is 19.8 Å². The van der Waals surface area contributed by atoms with Gasteiger partial charge in [0.25, 0.3) is 11.1 Å². The van der Waals surface area contributed by atoms with Crippen molar-refractivity contribution in [2.45, 2.75) is 0 Å². The number of hydrogen-bond donors (Lipinski definition) is 4. The van der Waals surface area contributed by atoms with Gasteiger partial charge in [0.2, 0.25) is 0 Å². The fraction of sp³-hybridized carbons (Fsp3) is 0. The Hall–Kier alpha value is -3.54. The van der Waals surface area contributed by atoms with Crippen LogP contribution in [0.3, 0.4) is 0 Å². The van der Waals surface area contributed by atoms with Gasteiger partial charge in [-0.1, -0.05) is 24.3 Å². The van der Waals surface area contributed by atoms with Gasteiger partial charge in [-0.15, -0.1) is 0 Å². The summed E-state index contributed by atoms with van der Waals surface area (Å²) >= 11 is 0. The quantitative estimate of drug-likeness (QED) is 0.538. The van der Waals surface area contributed by atoms with Gasteiger partial charge < -0.3 is 20.2 Å². The van der Waals surface area contributed by atoms with Crippen LogP contribution in [0, 0.1) is 0 Å². The van der Waals surface area contributed by atoms with E-state index in [2.05, 4.69) is 9.97 Å². The van der Waals surface area contributed by atoms with Crippen molar-refractivity contribution in [1.29, 1.82) is 0 Å². The summed E-state index contributed by atoms with van der Waals surface area (Å²) in [5.41, 5.74) is 0.232. The molecule has 0 unspecified atom stereocenters. The minimum atomic E-state index is -0.468. The molecule has 120 valence electrons. The molecule has 0 fully saturated rings. The van der Waals surface area contributed by atoms with Crippen molar-refractivity contribution < 1.29 is 10.2 Å². The average Bonchev–Trinajstić information content (AvgIpc) is 2.52. The summed E-state index contributed by atoms with van der Waals surface area (Å²) < 4.78 is 0. The lowest BCUT2D eigenvalue weighted by Crippen LogP contribution is -2.46. The van der Waals surface area contributed by atoms with Crippen LogP contribution in [0.4, 0.5) is 0 Å². The first-order valence-electron chi connectivity index (χ1n) is 7.15. The Kier molecular flexibility index (Phi) is 4.03.